The van der Waals surface area contributed by atoms with Crippen LogP contribution in [0.3, 0.4) is 0 Å². The van der Waals surface area contributed by atoms with E-state index in [0.29, 0.717) is 0 Å². The van der Waals surface area contributed by atoms with Gasteiger partial charge in [0.15, 0.2) is 0 Å². The largest absolute Gasteiger partial charge is 0.399 e. The van der Waals surface area contributed by atoms with E-state index < -0.39 is 0 Å². The first kappa shape index (κ1) is 11.0. The Balaban J connectivity index is 2.22. The minimum Gasteiger partial charge on any atom is -0.399 e. The van der Waals surface area contributed by atoms with E-state index >= 15 is 0 Å². The molecule has 1 aromatic carbocycles. The molecule has 1 aliphatic heterocycles. The van der Waals surface area contributed by atoms with Crippen LogP contribution in [0.25, 0.3) is 0 Å². The van der Waals surface area contributed by atoms with Crippen molar-refractivity contribution in [1.82, 2.24) is 4.90 Å². The summed E-state index contributed by atoms with van der Waals surface area (Å²) in [5, 5.41) is 0. The van der Waals surface area contributed by atoms with Crippen LogP contribution >= 0.6 is 0 Å². The Bertz CT molecular complexity index is 380. The molecule has 16 heavy (non-hydrogen) atoms. The molecule has 4 nitrogen and oxygen atoms in total. The normalized spacial score (nSPS) is 22.1. The third kappa shape index (κ3) is 2.17. The van der Waals surface area contributed by atoms with E-state index in [1.165, 1.54) is 0 Å². The van der Waals surface area contributed by atoms with E-state index in [0.717, 1.165) is 37.3 Å². The van der Waals surface area contributed by atoms with Gasteiger partial charge in [-0.25, -0.2) is 0 Å². The fourth-order valence-corrected chi connectivity index (χ4v) is 2.09. The lowest BCUT2D eigenvalue weighted by atomic mass is 10.1. The Morgan fingerprint density at radius 2 is 2.25 bits per heavy atom. The monoisotopic (exact) mass is 219 g/mol. The molecule has 0 aliphatic carbocycles. The zero-order chi connectivity index (χ0) is 11.5. The summed E-state index contributed by atoms with van der Waals surface area (Å²) in [6.45, 7) is 2.61. The summed E-state index contributed by atoms with van der Waals surface area (Å²) in [5.41, 5.74) is 7.52. The van der Waals surface area contributed by atoms with Crippen molar-refractivity contribution in [2.45, 2.75) is 6.04 Å². The molecule has 1 unspecified atom stereocenters. The first-order valence-electron chi connectivity index (χ1n) is 5.47. The SMILES string of the molecule is CN1CCN(c2cccc(N)c2)C(C=O)C1. The summed E-state index contributed by atoms with van der Waals surface area (Å²) < 4.78 is 0. The minimum absolute atomic E-state index is 0.0689. The highest BCUT2D eigenvalue weighted by Crippen LogP contribution is 2.21. The van der Waals surface area contributed by atoms with Crippen molar-refractivity contribution in [1.29, 1.82) is 0 Å². The van der Waals surface area contributed by atoms with E-state index in [2.05, 4.69) is 9.80 Å². The third-order valence-corrected chi connectivity index (χ3v) is 2.98. The number of aldehydes is 1. The van der Waals surface area contributed by atoms with E-state index in [1.807, 2.05) is 31.3 Å². The average molecular weight is 219 g/mol. The summed E-state index contributed by atoms with van der Waals surface area (Å²) in [6, 6.07) is 7.63. The minimum atomic E-state index is -0.0689. The van der Waals surface area contributed by atoms with Crippen molar-refractivity contribution in [2.24, 2.45) is 0 Å². The number of hydrogen-bond donors (Lipinski definition) is 1. The summed E-state index contributed by atoms with van der Waals surface area (Å²) in [4.78, 5) is 15.4. The van der Waals surface area contributed by atoms with Crippen molar-refractivity contribution in [3.63, 3.8) is 0 Å². The molecule has 2 N–H and O–H groups in total. The lowest BCUT2D eigenvalue weighted by molar-refractivity contribution is -0.109. The maximum absolute atomic E-state index is 11.1. The van der Waals surface area contributed by atoms with Crippen LogP contribution in [-0.4, -0.2) is 43.9 Å². The Kier molecular flexibility index (Phi) is 3.10. The van der Waals surface area contributed by atoms with Crippen LogP contribution in [0.2, 0.25) is 0 Å². The molecule has 0 amide bonds. The van der Waals surface area contributed by atoms with Crippen molar-refractivity contribution >= 4 is 17.7 Å². The molecule has 0 radical (unpaired) electrons. The maximum atomic E-state index is 11.1. The van der Waals surface area contributed by atoms with Gasteiger partial charge < -0.3 is 20.3 Å². The highest BCUT2D eigenvalue weighted by Gasteiger charge is 2.24. The molecule has 4 heteroatoms. The first-order valence-corrected chi connectivity index (χ1v) is 5.47. The molecule has 0 spiro atoms. The zero-order valence-corrected chi connectivity index (χ0v) is 9.47. The predicted molar refractivity (Wildman–Crippen MR) is 65.5 cm³/mol. The fraction of sp³-hybridized carbons (Fsp3) is 0.417. The van der Waals surface area contributed by atoms with Crippen LogP contribution in [0, 0.1) is 0 Å². The predicted octanol–water partition coefficient (Wildman–Crippen LogP) is 0.588. The van der Waals surface area contributed by atoms with E-state index in [-0.39, 0.29) is 6.04 Å². The lowest BCUT2D eigenvalue weighted by Crippen LogP contribution is -2.52. The fourth-order valence-electron chi connectivity index (χ4n) is 2.09. The highest BCUT2D eigenvalue weighted by atomic mass is 16.1. The summed E-state index contributed by atoms with van der Waals surface area (Å²) in [7, 11) is 2.03. The molecule has 1 fully saturated rings. The van der Waals surface area contributed by atoms with E-state index in [9.17, 15) is 4.79 Å². The molecule has 1 saturated heterocycles. The molecule has 1 aromatic rings. The Hall–Kier alpha value is -1.55. The van der Waals surface area contributed by atoms with Crippen LogP contribution in [-0.2, 0) is 4.79 Å². The maximum Gasteiger partial charge on any atom is 0.143 e. The van der Waals surface area contributed by atoms with Gasteiger partial charge in [0, 0.05) is 31.0 Å². The molecule has 0 saturated carbocycles. The molecule has 0 bridgehead atoms. The third-order valence-electron chi connectivity index (χ3n) is 2.98. The number of hydrogen-bond acceptors (Lipinski definition) is 4. The van der Waals surface area contributed by atoms with Gasteiger partial charge in [0.05, 0.1) is 6.04 Å². The van der Waals surface area contributed by atoms with Crippen molar-refractivity contribution < 1.29 is 4.79 Å². The number of anilines is 2. The van der Waals surface area contributed by atoms with Gasteiger partial charge in [-0.15, -0.1) is 0 Å². The second kappa shape index (κ2) is 4.53. The summed E-state index contributed by atoms with van der Waals surface area (Å²) >= 11 is 0. The number of rotatable bonds is 2. The molecule has 0 aromatic heterocycles. The van der Waals surface area contributed by atoms with Gasteiger partial charge in [-0.1, -0.05) is 6.07 Å². The van der Waals surface area contributed by atoms with Crippen LogP contribution in [0.4, 0.5) is 11.4 Å². The number of benzene rings is 1. The Morgan fingerprint density at radius 3 is 2.94 bits per heavy atom. The molecule has 1 atom stereocenters. The smallest absolute Gasteiger partial charge is 0.143 e. The molecular weight excluding hydrogens is 202 g/mol. The first-order chi connectivity index (χ1) is 7.70. The average Bonchev–Trinajstić information content (AvgIpc) is 2.28. The molecule has 86 valence electrons. The van der Waals surface area contributed by atoms with Crippen molar-refractivity contribution in [2.75, 3.05) is 37.3 Å². The molecule has 1 aliphatic rings. The summed E-state index contributed by atoms with van der Waals surface area (Å²) in [6.07, 6.45) is 1.01. The second-order valence-corrected chi connectivity index (χ2v) is 4.25. The quantitative estimate of drug-likeness (QED) is 0.584. The lowest BCUT2D eigenvalue weighted by Gasteiger charge is -2.38. The number of nitrogens with zero attached hydrogens (tertiary/aromatic N) is 2. The van der Waals surface area contributed by atoms with Crippen molar-refractivity contribution in [3.8, 4) is 0 Å². The molecular formula is C12H17N3O. The standard InChI is InChI=1S/C12H17N3O/c1-14-5-6-15(12(8-14)9-16)11-4-2-3-10(13)7-11/h2-4,7,9,12H,5-6,8,13H2,1H3. The van der Waals surface area contributed by atoms with Gasteiger partial charge in [0.2, 0.25) is 0 Å². The molecule has 1 heterocycles. The van der Waals surface area contributed by atoms with Gasteiger partial charge in [-0.2, -0.15) is 0 Å². The van der Waals surface area contributed by atoms with Crippen LogP contribution in [0.5, 0.6) is 0 Å². The number of likely N-dealkylation sites (N-methyl/N-ethyl adjacent to an activating group) is 1. The number of nitrogens with two attached hydrogens (primary N) is 1. The van der Waals surface area contributed by atoms with Gasteiger partial charge in [-0.05, 0) is 25.2 Å². The number of carbonyl (C=O) groups is 1. The second-order valence-electron chi connectivity index (χ2n) is 4.25. The zero-order valence-electron chi connectivity index (χ0n) is 9.47. The van der Waals surface area contributed by atoms with Crippen LogP contribution < -0.4 is 10.6 Å². The number of piperazine rings is 1. The Morgan fingerprint density at radius 1 is 1.44 bits per heavy atom. The van der Waals surface area contributed by atoms with Gasteiger partial charge in [0.1, 0.15) is 6.29 Å². The van der Waals surface area contributed by atoms with Crippen LogP contribution in [0.1, 0.15) is 0 Å². The van der Waals surface area contributed by atoms with E-state index in [1.54, 1.807) is 0 Å². The highest BCUT2D eigenvalue weighted by molar-refractivity contribution is 5.68. The van der Waals surface area contributed by atoms with Crippen molar-refractivity contribution in [3.05, 3.63) is 24.3 Å². The summed E-state index contributed by atoms with van der Waals surface area (Å²) in [5.74, 6) is 0. The van der Waals surface area contributed by atoms with Gasteiger partial charge in [-0.3, -0.25) is 0 Å². The van der Waals surface area contributed by atoms with Gasteiger partial charge >= 0.3 is 0 Å². The van der Waals surface area contributed by atoms with E-state index in [4.69, 9.17) is 5.73 Å². The molecule has 2 rings (SSSR count). The Labute approximate surface area is 95.6 Å². The number of nitrogen functional groups attached to an aromatic ring is 1. The van der Waals surface area contributed by atoms with Gasteiger partial charge in [0.25, 0.3) is 0 Å². The van der Waals surface area contributed by atoms with Crippen LogP contribution in [0.15, 0.2) is 24.3 Å². The topological polar surface area (TPSA) is 49.6 Å². The number of carbonyl (C=O) groups excluding carboxylic acids is 1.